The molecule has 20 heavy (non-hydrogen) atoms. The van der Waals surface area contributed by atoms with Crippen molar-refractivity contribution in [1.82, 2.24) is 10.3 Å². The molecule has 0 unspecified atom stereocenters. The minimum absolute atomic E-state index is 0.0309. The van der Waals surface area contributed by atoms with Crippen molar-refractivity contribution in [2.75, 3.05) is 11.9 Å². The number of rotatable bonds is 6. The van der Waals surface area contributed by atoms with E-state index in [-0.39, 0.29) is 23.3 Å². The molecule has 0 saturated carbocycles. The molecule has 0 spiro atoms. The number of nitro benzene ring substituents is 1. The van der Waals surface area contributed by atoms with E-state index in [1.165, 1.54) is 12.1 Å². The van der Waals surface area contributed by atoms with Crippen molar-refractivity contribution in [3.8, 4) is 0 Å². The van der Waals surface area contributed by atoms with Crippen LogP contribution < -0.4 is 5.32 Å². The molecule has 1 atom stereocenters. The topological polar surface area (TPSA) is 131 Å². The Morgan fingerprint density at radius 1 is 1.50 bits per heavy atom. The van der Waals surface area contributed by atoms with E-state index in [4.69, 9.17) is 5.11 Å². The van der Waals surface area contributed by atoms with E-state index in [9.17, 15) is 14.9 Å². The second-order valence-electron chi connectivity index (χ2n) is 4.18. The lowest BCUT2D eigenvalue weighted by Gasteiger charge is -2.11. The average Bonchev–Trinajstić information content (AvgIpc) is 2.87. The highest BCUT2D eigenvalue weighted by atomic mass is 16.6. The lowest BCUT2D eigenvalue weighted by molar-refractivity contribution is -0.383. The number of benzene rings is 1. The standard InChI is InChI=1S/C11H12N4O5/c1-2-6(11(16)17)5-12-7-3-4-8(15(18)19)10-9(7)13-20-14-10/h3-4,6,12H,2,5H2,1H3,(H,16,17)/t6-/m0/s1. The first-order chi connectivity index (χ1) is 9.54. The largest absolute Gasteiger partial charge is 0.481 e. The number of carboxylic acids is 1. The highest BCUT2D eigenvalue weighted by molar-refractivity contribution is 5.93. The van der Waals surface area contributed by atoms with Crippen molar-refractivity contribution >= 4 is 28.4 Å². The zero-order valence-corrected chi connectivity index (χ0v) is 10.6. The molecular weight excluding hydrogens is 268 g/mol. The van der Waals surface area contributed by atoms with Crippen LogP contribution in [0.25, 0.3) is 11.0 Å². The molecule has 0 fully saturated rings. The van der Waals surface area contributed by atoms with E-state index < -0.39 is 16.8 Å². The summed E-state index contributed by atoms with van der Waals surface area (Å²) in [6, 6.07) is 2.73. The number of fused-ring (bicyclic) bond motifs is 1. The summed E-state index contributed by atoms with van der Waals surface area (Å²) in [5.41, 5.74) is 0.478. The fourth-order valence-electron chi connectivity index (χ4n) is 1.78. The second kappa shape index (κ2) is 5.51. The van der Waals surface area contributed by atoms with Crippen molar-refractivity contribution < 1.29 is 19.5 Å². The number of nitrogens with zero attached hydrogens (tertiary/aromatic N) is 3. The van der Waals surface area contributed by atoms with Gasteiger partial charge < -0.3 is 10.4 Å². The molecule has 2 aromatic rings. The van der Waals surface area contributed by atoms with E-state index >= 15 is 0 Å². The van der Waals surface area contributed by atoms with Gasteiger partial charge in [-0.1, -0.05) is 6.92 Å². The molecule has 9 nitrogen and oxygen atoms in total. The SMILES string of the molecule is CC[C@@H](CNc1ccc([N+](=O)[O-])c2nonc12)C(=O)O. The Balaban J connectivity index is 2.28. The summed E-state index contributed by atoms with van der Waals surface area (Å²) in [7, 11) is 0. The molecule has 2 N–H and O–H groups in total. The first kappa shape index (κ1) is 13.7. The van der Waals surface area contributed by atoms with Gasteiger partial charge in [0, 0.05) is 12.6 Å². The molecule has 106 valence electrons. The number of hydrogen-bond acceptors (Lipinski definition) is 7. The van der Waals surface area contributed by atoms with Crippen LogP contribution in [0.15, 0.2) is 16.8 Å². The fraction of sp³-hybridized carbons (Fsp3) is 0.364. The van der Waals surface area contributed by atoms with Crippen LogP contribution >= 0.6 is 0 Å². The van der Waals surface area contributed by atoms with Gasteiger partial charge in [0.25, 0.3) is 0 Å². The number of aliphatic carboxylic acids is 1. The number of aromatic nitrogens is 2. The predicted octanol–water partition coefficient (Wildman–Crippen LogP) is 1.65. The predicted molar refractivity (Wildman–Crippen MR) is 68.4 cm³/mol. The Morgan fingerprint density at radius 2 is 2.20 bits per heavy atom. The Hall–Kier alpha value is -2.71. The molecule has 2 rings (SSSR count). The second-order valence-corrected chi connectivity index (χ2v) is 4.18. The maximum atomic E-state index is 10.9. The van der Waals surface area contributed by atoms with E-state index in [0.717, 1.165) is 0 Å². The Morgan fingerprint density at radius 3 is 2.80 bits per heavy atom. The molecular formula is C11H12N4O5. The van der Waals surface area contributed by atoms with Gasteiger partial charge in [-0.05, 0) is 22.8 Å². The third-order valence-electron chi connectivity index (χ3n) is 2.97. The van der Waals surface area contributed by atoms with E-state index in [1.807, 2.05) is 0 Å². The fourth-order valence-corrected chi connectivity index (χ4v) is 1.78. The molecule has 1 heterocycles. The van der Waals surface area contributed by atoms with Gasteiger partial charge in [0.1, 0.15) is 0 Å². The van der Waals surface area contributed by atoms with Crippen LogP contribution in [0, 0.1) is 16.0 Å². The lowest BCUT2D eigenvalue weighted by Crippen LogP contribution is -2.22. The number of nitro groups is 1. The number of non-ortho nitro benzene ring substituents is 1. The lowest BCUT2D eigenvalue weighted by atomic mass is 10.1. The highest BCUT2D eigenvalue weighted by Gasteiger charge is 2.21. The highest BCUT2D eigenvalue weighted by Crippen LogP contribution is 2.28. The smallest absolute Gasteiger partial charge is 0.308 e. The zero-order chi connectivity index (χ0) is 14.7. The molecule has 0 bridgehead atoms. The van der Waals surface area contributed by atoms with E-state index in [0.29, 0.717) is 12.1 Å². The van der Waals surface area contributed by atoms with Crippen LogP contribution in [0.2, 0.25) is 0 Å². The average molecular weight is 280 g/mol. The van der Waals surface area contributed by atoms with Gasteiger partial charge in [0.05, 0.1) is 16.5 Å². The molecule has 1 aromatic heterocycles. The summed E-state index contributed by atoms with van der Waals surface area (Å²) in [5, 5.41) is 29.8. The minimum atomic E-state index is -0.906. The third kappa shape index (κ3) is 2.51. The quantitative estimate of drug-likeness (QED) is 0.603. The first-order valence-electron chi connectivity index (χ1n) is 5.91. The van der Waals surface area contributed by atoms with Crippen LogP contribution in [-0.2, 0) is 4.79 Å². The van der Waals surface area contributed by atoms with Gasteiger partial charge in [-0.3, -0.25) is 14.9 Å². The van der Waals surface area contributed by atoms with Crippen molar-refractivity contribution in [3.05, 3.63) is 22.2 Å². The molecule has 1 aromatic carbocycles. The monoisotopic (exact) mass is 280 g/mol. The number of carboxylic acid groups (broad SMARTS) is 1. The molecule has 0 aliphatic carbocycles. The molecule has 0 aliphatic heterocycles. The van der Waals surface area contributed by atoms with Gasteiger partial charge in [-0.2, -0.15) is 0 Å². The number of carbonyl (C=O) groups is 1. The summed E-state index contributed by atoms with van der Waals surface area (Å²) >= 11 is 0. The van der Waals surface area contributed by atoms with Crippen LogP contribution in [0.5, 0.6) is 0 Å². The Kier molecular flexibility index (Phi) is 3.78. The van der Waals surface area contributed by atoms with Gasteiger partial charge in [0.2, 0.25) is 5.52 Å². The summed E-state index contributed by atoms with van der Waals surface area (Å²) < 4.78 is 4.52. The van der Waals surface area contributed by atoms with E-state index in [2.05, 4.69) is 20.3 Å². The first-order valence-corrected chi connectivity index (χ1v) is 5.91. The van der Waals surface area contributed by atoms with Gasteiger partial charge in [-0.15, -0.1) is 0 Å². The van der Waals surface area contributed by atoms with Crippen LogP contribution in [0.3, 0.4) is 0 Å². The Bertz CT molecular complexity index is 653. The van der Waals surface area contributed by atoms with Gasteiger partial charge >= 0.3 is 11.7 Å². The van der Waals surface area contributed by atoms with Crippen LogP contribution in [-0.4, -0.2) is 32.9 Å². The molecule has 0 saturated heterocycles. The number of anilines is 1. The number of nitrogens with one attached hydrogen (secondary N) is 1. The van der Waals surface area contributed by atoms with Gasteiger partial charge in [-0.25, -0.2) is 4.63 Å². The van der Waals surface area contributed by atoms with Crippen LogP contribution in [0.1, 0.15) is 13.3 Å². The number of hydrogen-bond donors (Lipinski definition) is 2. The maximum Gasteiger partial charge on any atom is 0.308 e. The maximum absolute atomic E-state index is 10.9. The summed E-state index contributed by atoms with van der Waals surface area (Å²) in [6.45, 7) is 1.95. The Labute approximate surface area is 112 Å². The van der Waals surface area contributed by atoms with Crippen molar-refractivity contribution in [1.29, 1.82) is 0 Å². The molecule has 0 radical (unpaired) electrons. The van der Waals surface area contributed by atoms with Crippen molar-refractivity contribution in [2.24, 2.45) is 5.92 Å². The van der Waals surface area contributed by atoms with Crippen molar-refractivity contribution in [2.45, 2.75) is 13.3 Å². The summed E-state index contributed by atoms with van der Waals surface area (Å²) in [4.78, 5) is 21.2. The van der Waals surface area contributed by atoms with Crippen molar-refractivity contribution in [3.63, 3.8) is 0 Å². The summed E-state index contributed by atoms with van der Waals surface area (Å²) in [5.74, 6) is -1.46. The third-order valence-corrected chi connectivity index (χ3v) is 2.97. The summed E-state index contributed by atoms with van der Waals surface area (Å²) in [6.07, 6.45) is 0.468. The zero-order valence-electron chi connectivity index (χ0n) is 10.6. The minimum Gasteiger partial charge on any atom is -0.481 e. The van der Waals surface area contributed by atoms with Gasteiger partial charge in [0.15, 0.2) is 5.52 Å². The van der Waals surface area contributed by atoms with E-state index in [1.54, 1.807) is 6.92 Å². The normalized spacial score (nSPS) is 12.2. The molecule has 0 aliphatic rings. The molecule has 9 heteroatoms. The molecule has 0 amide bonds. The van der Waals surface area contributed by atoms with Crippen LogP contribution in [0.4, 0.5) is 11.4 Å².